The Morgan fingerprint density at radius 2 is 1.66 bits per heavy atom. The van der Waals surface area contributed by atoms with Crippen molar-refractivity contribution in [1.82, 2.24) is 5.32 Å². The van der Waals surface area contributed by atoms with E-state index in [-0.39, 0.29) is 11.4 Å². The van der Waals surface area contributed by atoms with Crippen LogP contribution in [0.4, 0.5) is 5.69 Å². The van der Waals surface area contributed by atoms with E-state index in [1.807, 2.05) is 48.5 Å². The maximum absolute atomic E-state index is 12.5. The highest BCUT2D eigenvalue weighted by molar-refractivity contribution is 8.05. The molecule has 3 aromatic rings. The van der Waals surface area contributed by atoms with Crippen LogP contribution in [0.3, 0.4) is 0 Å². The number of carbonyl (C=O) groups excluding carboxylic acids is 1. The van der Waals surface area contributed by atoms with Crippen LogP contribution in [0.15, 0.2) is 65.6 Å². The number of rotatable bonds is 9. The fraction of sp³-hybridized carbons (Fsp3) is 0.192. The van der Waals surface area contributed by atoms with E-state index in [0.29, 0.717) is 33.7 Å². The van der Waals surface area contributed by atoms with Gasteiger partial charge in [0.1, 0.15) is 29.6 Å². The molecule has 1 heterocycles. The average molecular weight is 513 g/mol. The first-order valence-corrected chi connectivity index (χ1v) is 12.0. The van der Waals surface area contributed by atoms with Crippen molar-refractivity contribution in [3.63, 3.8) is 0 Å². The van der Waals surface area contributed by atoms with Gasteiger partial charge in [0.15, 0.2) is 5.50 Å². The van der Waals surface area contributed by atoms with Gasteiger partial charge in [-0.25, -0.2) is 0 Å². The number of benzene rings is 3. The van der Waals surface area contributed by atoms with Crippen LogP contribution in [0.5, 0.6) is 23.0 Å². The molecule has 3 aromatic carbocycles. The molecule has 0 saturated carbocycles. The summed E-state index contributed by atoms with van der Waals surface area (Å²) in [4.78, 5) is 13.1. The second kappa shape index (κ2) is 11.3. The summed E-state index contributed by atoms with van der Waals surface area (Å²) in [7, 11) is 4.83. The van der Waals surface area contributed by atoms with E-state index in [4.69, 9.17) is 30.5 Å². The van der Waals surface area contributed by atoms with E-state index in [2.05, 4.69) is 10.6 Å². The molecule has 0 spiro atoms. The van der Waals surface area contributed by atoms with E-state index in [9.17, 15) is 4.79 Å². The summed E-state index contributed by atoms with van der Waals surface area (Å²) in [6.07, 6.45) is 1.84. The Morgan fingerprint density at radius 3 is 2.37 bits per heavy atom. The summed E-state index contributed by atoms with van der Waals surface area (Å²) >= 11 is 7.49. The molecule has 182 valence electrons. The van der Waals surface area contributed by atoms with Crippen molar-refractivity contribution in [3.8, 4) is 23.0 Å². The van der Waals surface area contributed by atoms with Crippen molar-refractivity contribution >= 4 is 41.0 Å². The fourth-order valence-corrected chi connectivity index (χ4v) is 4.61. The van der Waals surface area contributed by atoms with E-state index >= 15 is 0 Å². The molecule has 0 bridgehead atoms. The van der Waals surface area contributed by atoms with E-state index in [1.165, 1.54) is 11.8 Å². The van der Waals surface area contributed by atoms with Crippen LogP contribution < -0.4 is 29.6 Å². The summed E-state index contributed by atoms with van der Waals surface area (Å²) in [6, 6.07) is 18.4. The molecule has 2 N–H and O–H groups in total. The Hall–Kier alpha value is -3.49. The number of hydrogen-bond acceptors (Lipinski definition) is 7. The predicted molar refractivity (Wildman–Crippen MR) is 139 cm³/mol. The normalized spacial score (nSPS) is 16.1. The van der Waals surface area contributed by atoms with Crippen LogP contribution in [-0.2, 0) is 11.4 Å². The Labute approximate surface area is 213 Å². The highest BCUT2D eigenvalue weighted by Gasteiger charge is 2.27. The van der Waals surface area contributed by atoms with Gasteiger partial charge in [-0.15, -0.1) is 0 Å². The zero-order valence-corrected chi connectivity index (χ0v) is 21.0. The SMILES string of the molecule is COc1ccc(OC)c(COc2ccc(/C=C3\SC(Nc4cc(Cl)ccc4OC)NC3=O)cc2)c1. The molecule has 1 aliphatic rings. The molecule has 1 saturated heterocycles. The quantitative estimate of drug-likeness (QED) is 0.364. The van der Waals surface area contributed by atoms with Gasteiger partial charge in [-0.3, -0.25) is 4.79 Å². The molecule has 0 aromatic heterocycles. The average Bonchev–Trinajstić information content (AvgIpc) is 3.21. The molecule has 0 radical (unpaired) electrons. The predicted octanol–water partition coefficient (Wildman–Crippen LogP) is 5.54. The van der Waals surface area contributed by atoms with Gasteiger partial charge in [0.05, 0.1) is 31.9 Å². The number of hydrogen-bond donors (Lipinski definition) is 2. The largest absolute Gasteiger partial charge is 0.497 e. The van der Waals surface area contributed by atoms with Gasteiger partial charge in [-0.2, -0.15) is 0 Å². The number of carbonyl (C=O) groups is 1. The maximum Gasteiger partial charge on any atom is 0.260 e. The van der Waals surface area contributed by atoms with Gasteiger partial charge in [-0.05, 0) is 60.2 Å². The molecule has 1 atom stereocenters. The first-order chi connectivity index (χ1) is 17.0. The van der Waals surface area contributed by atoms with Gasteiger partial charge < -0.3 is 29.6 Å². The molecule has 0 aliphatic carbocycles. The van der Waals surface area contributed by atoms with Crippen LogP contribution in [-0.4, -0.2) is 32.7 Å². The third-order valence-electron chi connectivity index (χ3n) is 5.24. The number of thioether (sulfide) groups is 1. The maximum atomic E-state index is 12.5. The van der Waals surface area contributed by atoms with Crippen LogP contribution in [0.25, 0.3) is 6.08 Å². The number of nitrogens with one attached hydrogen (secondary N) is 2. The summed E-state index contributed by atoms with van der Waals surface area (Å²) in [5.74, 6) is 2.66. The molecule has 1 aliphatic heterocycles. The molecule has 1 fully saturated rings. The van der Waals surface area contributed by atoms with E-state index in [1.54, 1.807) is 39.5 Å². The number of amides is 1. The lowest BCUT2D eigenvalue weighted by atomic mass is 10.2. The molecule has 7 nitrogen and oxygen atoms in total. The molecule has 35 heavy (non-hydrogen) atoms. The molecular formula is C26H25ClN2O5S. The lowest BCUT2D eigenvalue weighted by Gasteiger charge is -2.15. The Morgan fingerprint density at radius 1 is 0.943 bits per heavy atom. The second-order valence-electron chi connectivity index (χ2n) is 7.50. The molecule has 1 amide bonds. The van der Waals surface area contributed by atoms with Crippen molar-refractivity contribution in [2.75, 3.05) is 26.6 Å². The van der Waals surface area contributed by atoms with Gasteiger partial charge in [-0.1, -0.05) is 35.5 Å². The lowest BCUT2D eigenvalue weighted by molar-refractivity contribution is -0.116. The molecule has 9 heteroatoms. The number of anilines is 1. The highest BCUT2D eigenvalue weighted by Crippen LogP contribution is 2.34. The standard InChI is InChI=1S/C26H25ClN2O5S/c1-31-20-9-11-22(32-2)17(13-20)15-34-19-7-4-16(5-8-19)12-24-25(30)29-26(35-24)28-21-14-18(27)6-10-23(21)33-3/h4-14,26,28H,15H2,1-3H3,(H,29,30)/b24-12-. The Bertz CT molecular complexity index is 1230. The van der Waals surface area contributed by atoms with Gasteiger partial charge in [0.25, 0.3) is 5.91 Å². The fourth-order valence-electron chi connectivity index (χ4n) is 3.47. The second-order valence-corrected chi connectivity index (χ2v) is 9.09. The smallest absolute Gasteiger partial charge is 0.260 e. The van der Waals surface area contributed by atoms with Crippen molar-refractivity contribution in [2.45, 2.75) is 12.1 Å². The van der Waals surface area contributed by atoms with E-state index < -0.39 is 0 Å². The van der Waals surface area contributed by atoms with Crippen LogP contribution in [0.2, 0.25) is 5.02 Å². The van der Waals surface area contributed by atoms with Crippen LogP contribution in [0, 0.1) is 0 Å². The minimum Gasteiger partial charge on any atom is -0.497 e. The zero-order valence-electron chi connectivity index (χ0n) is 19.5. The van der Waals surface area contributed by atoms with Crippen molar-refractivity contribution in [3.05, 3.63) is 81.7 Å². The summed E-state index contributed by atoms with van der Waals surface area (Å²) in [5, 5.41) is 6.74. The summed E-state index contributed by atoms with van der Waals surface area (Å²) in [6.45, 7) is 0.333. The van der Waals surface area contributed by atoms with Crippen LogP contribution >= 0.6 is 23.4 Å². The number of halogens is 1. The number of ether oxygens (including phenoxy) is 4. The van der Waals surface area contributed by atoms with Crippen LogP contribution in [0.1, 0.15) is 11.1 Å². The van der Waals surface area contributed by atoms with E-state index in [0.717, 1.165) is 22.6 Å². The van der Waals surface area contributed by atoms with Gasteiger partial charge >= 0.3 is 0 Å². The Kier molecular flexibility index (Phi) is 7.94. The minimum atomic E-state index is -0.346. The molecule has 4 rings (SSSR count). The van der Waals surface area contributed by atoms with Gasteiger partial charge in [0.2, 0.25) is 0 Å². The summed E-state index contributed by atoms with van der Waals surface area (Å²) < 4.78 is 22.0. The Balaban J connectivity index is 1.39. The first-order valence-electron chi connectivity index (χ1n) is 10.7. The minimum absolute atomic E-state index is 0.154. The van der Waals surface area contributed by atoms with Gasteiger partial charge in [0, 0.05) is 10.6 Å². The topological polar surface area (TPSA) is 78.1 Å². The highest BCUT2D eigenvalue weighted by atomic mass is 35.5. The van der Waals surface area contributed by atoms with Crippen molar-refractivity contribution in [1.29, 1.82) is 0 Å². The monoisotopic (exact) mass is 512 g/mol. The van der Waals surface area contributed by atoms with Crippen molar-refractivity contribution < 1.29 is 23.7 Å². The third kappa shape index (κ3) is 6.15. The molecule has 1 unspecified atom stereocenters. The lowest BCUT2D eigenvalue weighted by Crippen LogP contribution is -2.31. The summed E-state index contributed by atoms with van der Waals surface area (Å²) in [5.41, 5.74) is 2.12. The van der Waals surface area contributed by atoms with Crippen molar-refractivity contribution in [2.24, 2.45) is 0 Å². The molecular weight excluding hydrogens is 488 g/mol. The number of methoxy groups -OCH3 is 3. The third-order valence-corrected chi connectivity index (χ3v) is 6.50. The zero-order chi connectivity index (χ0) is 24.8. The first kappa shape index (κ1) is 24.6.